The molecule has 1 saturated heterocycles. The van der Waals surface area contributed by atoms with Gasteiger partial charge in [-0.25, -0.2) is 0 Å². The smallest absolute Gasteiger partial charge is 0.316 e. The van der Waals surface area contributed by atoms with Crippen molar-refractivity contribution in [2.75, 3.05) is 11.4 Å². The average molecular weight is 378 g/mol. The van der Waals surface area contributed by atoms with Crippen molar-refractivity contribution in [3.8, 4) is 5.75 Å². The molecule has 3 rings (SSSR count). The quantitative estimate of drug-likeness (QED) is 0.581. The van der Waals surface area contributed by atoms with Crippen LogP contribution in [0.4, 0.5) is 5.69 Å². The molecule has 1 heterocycles. The third-order valence-electron chi connectivity index (χ3n) is 4.23. The van der Waals surface area contributed by atoms with E-state index >= 15 is 0 Å². The molecule has 1 aliphatic heterocycles. The maximum absolute atomic E-state index is 12.5. The van der Waals surface area contributed by atoms with E-state index in [2.05, 4.69) is 0 Å². The minimum absolute atomic E-state index is 0.0898. The Labute approximate surface area is 156 Å². The van der Waals surface area contributed by atoms with E-state index in [0.717, 1.165) is 11.1 Å². The molecular weight excluding hydrogens is 361 g/mol. The van der Waals surface area contributed by atoms with Crippen LogP contribution in [0.3, 0.4) is 0 Å². The number of rotatable bonds is 3. The molecule has 1 atom stereocenters. The monoisotopic (exact) mass is 377 g/mol. The van der Waals surface area contributed by atoms with Crippen LogP contribution in [0.2, 0.25) is 10.0 Å². The van der Waals surface area contributed by atoms with Gasteiger partial charge in [-0.3, -0.25) is 9.59 Å². The van der Waals surface area contributed by atoms with Crippen LogP contribution in [0.5, 0.6) is 5.75 Å². The van der Waals surface area contributed by atoms with Gasteiger partial charge in [0.25, 0.3) is 0 Å². The minimum atomic E-state index is -0.539. The Kier molecular flexibility index (Phi) is 5.02. The fourth-order valence-corrected chi connectivity index (χ4v) is 3.21. The maximum atomic E-state index is 12.5. The molecule has 0 N–H and O–H groups in total. The average Bonchev–Trinajstić information content (AvgIpc) is 2.95. The van der Waals surface area contributed by atoms with E-state index in [4.69, 9.17) is 27.9 Å². The van der Waals surface area contributed by atoms with Crippen molar-refractivity contribution in [3.05, 3.63) is 57.6 Å². The summed E-state index contributed by atoms with van der Waals surface area (Å²) in [6.07, 6.45) is 0.0898. The lowest BCUT2D eigenvalue weighted by Crippen LogP contribution is -2.27. The van der Waals surface area contributed by atoms with E-state index in [0.29, 0.717) is 21.5 Å². The summed E-state index contributed by atoms with van der Waals surface area (Å²) >= 11 is 12.2. The molecule has 0 aromatic heterocycles. The second-order valence-corrected chi connectivity index (χ2v) is 6.95. The van der Waals surface area contributed by atoms with Crippen molar-refractivity contribution < 1.29 is 14.3 Å². The molecule has 0 aliphatic carbocycles. The number of esters is 1. The zero-order valence-corrected chi connectivity index (χ0v) is 15.4. The van der Waals surface area contributed by atoms with Crippen molar-refractivity contribution in [2.45, 2.75) is 20.3 Å². The first-order valence-corrected chi connectivity index (χ1v) is 8.65. The third-order valence-corrected chi connectivity index (χ3v) is 5.04. The summed E-state index contributed by atoms with van der Waals surface area (Å²) in [6, 6.07) is 10.8. The highest BCUT2D eigenvalue weighted by atomic mass is 35.5. The predicted octanol–water partition coefficient (Wildman–Crippen LogP) is 4.57. The van der Waals surface area contributed by atoms with Gasteiger partial charge in [-0.2, -0.15) is 0 Å². The van der Waals surface area contributed by atoms with E-state index in [-0.39, 0.29) is 18.9 Å². The normalized spacial score (nSPS) is 17.0. The number of halogens is 2. The molecule has 0 spiro atoms. The Morgan fingerprint density at radius 3 is 2.72 bits per heavy atom. The maximum Gasteiger partial charge on any atom is 0.316 e. The topological polar surface area (TPSA) is 46.6 Å². The summed E-state index contributed by atoms with van der Waals surface area (Å²) in [5.74, 6) is -0.603. The van der Waals surface area contributed by atoms with E-state index in [1.807, 2.05) is 32.0 Å². The highest BCUT2D eigenvalue weighted by Crippen LogP contribution is 2.36. The van der Waals surface area contributed by atoms with Crippen molar-refractivity contribution in [1.82, 2.24) is 0 Å². The lowest BCUT2D eigenvalue weighted by atomic mass is 10.1. The van der Waals surface area contributed by atoms with Crippen LogP contribution in [-0.4, -0.2) is 18.4 Å². The van der Waals surface area contributed by atoms with Crippen molar-refractivity contribution >= 4 is 40.8 Å². The number of aryl methyl sites for hydroxylation is 2. The van der Waals surface area contributed by atoms with E-state index in [1.54, 1.807) is 18.2 Å². The summed E-state index contributed by atoms with van der Waals surface area (Å²) in [4.78, 5) is 26.3. The predicted molar refractivity (Wildman–Crippen MR) is 98.5 cm³/mol. The lowest BCUT2D eigenvalue weighted by molar-refractivity contribution is -0.139. The third kappa shape index (κ3) is 3.65. The molecule has 2 aromatic carbocycles. The first-order chi connectivity index (χ1) is 11.9. The Bertz CT molecular complexity index is 851. The Morgan fingerprint density at radius 2 is 1.96 bits per heavy atom. The summed E-state index contributed by atoms with van der Waals surface area (Å²) in [5.41, 5.74) is 2.39. The van der Waals surface area contributed by atoms with Crippen LogP contribution in [0, 0.1) is 19.8 Å². The lowest BCUT2D eigenvalue weighted by Gasteiger charge is -2.18. The van der Waals surface area contributed by atoms with E-state index in [1.165, 1.54) is 4.90 Å². The fraction of sp³-hybridized carbons (Fsp3) is 0.263. The summed E-state index contributed by atoms with van der Waals surface area (Å²) in [7, 11) is 0. The highest BCUT2D eigenvalue weighted by Gasteiger charge is 2.37. The molecule has 0 saturated carbocycles. The number of hydrogen-bond acceptors (Lipinski definition) is 3. The Morgan fingerprint density at radius 1 is 1.20 bits per heavy atom. The standard InChI is InChI=1S/C19H17Cl2NO3/c1-11-6-7-12(2)16(8-11)25-19(24)13-9-17(23)22(10-13)15-5-3-4-14(20)18(15)21/h3-8,13H,9-10H2,1-2H3/t13-/m0/s1. The number of carbonyl (C=O) groups excluding carboxylic acids is 2. The van der Waals surface area contributed by atoms with Gasteiger partial charge in [0.15, 0.2) is 0 Å². The van der Waals surface area contributed by atoms with E-state index in [9.17, 15) is 9.59 Å². The van der Waals surface area contributed by atoms with Crippen LogP contribution >= 0.6 is 23.2 Å². The van der Waals surface area contributed by atoms with Crippen molar-refractivity contribution in [3.63, 3.8) is 0 Å². The molecule has 4 nitrogen and oxygen atoms in total. The van der Waals surface area contributed by atoms with Crippen molar-refractivity contribution in [2.24, 2.45) is 5.92 Å². The number of nitrogens with zero attached hydrogens (tertiary/aromatic N) is 1. The van der Waals surface area contributed by atoms with Crippen LogP contribution in [-0.2, 0) is 9.59 Å². The SMILES string of the molecule is Cc1ccc(C)c(OC(=O)[C@H]2CC(=O)N(c3cccc(Cl)c3Cl)C2)c1. The van der Waals surface area contributed by atoms with Crippen LogP contribution in [0.25, 0.3) is 0 Å². The first kappa shape index (κ1) is 17.8. The molecule has 6 heteroatoms. The van der Waals surface area contributed by atoms with Gasteiger partial charge in [-0.1, -0.05) is 41.4 Å². The molecule has 1 fully saturated rings. The second-order valence-electron chi connectivity index (χ2n) is 6.17. The van der Waals surface area contributed by atoms with Gasteiger partial charge < -0.3 is 9.64 Å². The van der Waals surface area contributed by atoms with Crippen LogP contribution in [0.15, 0.2) is 36.4 Å². The highest BCUT2D eigenvalue weighted by molar-refractivity contribution is 6.44. The second kappa shape index (κ2) is 7.06. The van der Waals surface area contributed by atoms with Crippen LogP contribution in [0.1, 0.15) is 17.5 Å². The molecule has 130 valence electrons. The van der Waals surface area contributed by atoms with Gasteiger partial charge in [-0.15, -0.1) is 0 Å². The fourth-order valence-electron chi connectivity index (χ4n) is 2.81. The van der Waals surface area contributed by atoms with Gasteiger partial charge in [0.2, 0.25) is 5.91 Å². The van der Waals surface area contributed by atoms with Gasteiger partial charge in [0.1, 0.15) is 5.75 Å². The first-order valence-electron chi connectivity index (χ1n) is 7.90. The molecule has 2 aromatic rings. The zero-order valence-electron chi connectivity index (χ0n) is 13.9. The number of hydrogen-bond donors (Lipinski definition) is 0. The van der Waals surface area contributed by atoms with E-state index < -0.39 is 11.9 Å². The molecule has 1 amide bonds. The number of benzene rings is 2. The van der Waals surface area contributed by atoms with Crippen LogP contribution < -0.4 is 9.64 Å². The number of ether oxygens (including phenoxy) is 1. The number of amides is 1. The zero-order chi connectivity index (χ0) is 18.1. The Balaban J connectivity index is 1.77. The molecule has 0 unspecified atom stereocenters. The molecule has 25 heavy (non-hydrogen) atoms. The molecule has 0 radical (unpaired) electrons. The van der Waals surface area contributed by atoms with Gasteiger partial charge >= 0.3 is 5.97 Å². The Hall–Kier alpha value is -2.04. The summed E-state index contributed by atoms with van der Waals surface area (Å²) in [5, 5.41) is 0.675. The minimum Gasteiger partial charge on any atom is -0.426 e. The van der Waals surface area contributed by atoms with Gasteiger partial charge in [0, 0.05) is 13.0 Å². The summed E-state index contributed by atoms with van der Waals surface area (Å²) in [6.45, 7) is 4.03. The van der Waals surface area contributed by atoms with Gasteiger partial charge in [-0.05, 0) is 43.2 Å². The number of anilines is 1. The summed E-state index contributed by atoms with van der Waals surface area (Å²) < 4.78 is 5.52. The molecular formula is C19H17Cl2NO3. The largest absolute Gasteiger partial charge is 0.426 e. The van der Waals surface area contributed by atoms with Crippen molar-refractivity contribution in [1.29, 1.82) is 0 Å². The molecule has 0 bridgehead atoms. The van der Waals surface area contributed by atoms with Gasteiger partial charge in [0.05, 0.1) is 21.7 Å². The number of carbonyl (C=O) groups is 2. The molecule has 1 aliphatic rings.